The molecule has 0 aromatic heterocycles. The molecule has 14 heavy (non-hydrogen) atoms. The molecule has 0 heterocycles. The van der Waals surface area contributed by atoms with Crippen molar-refractivity contribution in [3.63, 3.8) is 0 Å². The van der Waals surface area contributed by atoms with Gasteiger partial charge in [-0.3, -0.25) is 0 Å². The number of benzene rings is 1. The maximum atomic E-state index is 5.94. The molecule has 1 radical (unpaired) electrons. The SMILES string of the molecule is Clc1ccccc1CO/N=[C]\C1CC1. The number of halogens is 1. The Morgan fingerprint density at radius 3 is 2.93 bits per heavy atom. The van der Waals surface area contributed by atoms with Gasteiger partial charge in [0.05, 0.1) is 0 Å². The minimum absolute atomic E-state index is 0.416. The number of rotatable bonds is 4. The van der Waals surface area contributed by atoms with Crippen molar-refractivity contribution in [2.75, 3.05) is 0 Å². The van der Waals surface area contributed by atoms with Crippen LogP contribution in [0.3, 0.4) is 0 Å². The highest BCUT2D eigenvalue weighted by Crippen LogP contribution is 2.26. The van der Waals surface area contributed by atoms with Crippen LogP contribution in [0.4, 0.5) is 0 Å². The van der Waals surface area contributed by atoms with Crippen LogP contribution in [0.5, 0.6) is 0 Å². The third-order valence-corrected chi connectivity index (χ3v) is 2.42. The van der Waals surface area contributed by atoms with Crippen LogP contribution in [-0.4, -0.2) is 6.21 Å². The first-order valence-electron chi connectivity index (χ1n) is 4.67. The molecule has 0 bridgehead atoms. The van der Waals surface area contributed by atoms with E-state index in [0.29, 0.717) is 17.5 Å². The average Bonchev–Trinajstić information content (AvgIpc) is 2.99. The van der Waals surface area contributed by atoms with Crippen LogP contribution < -0.4 is 0 Å². The van der Waals surface area contributed by atoms with Crippen molar-refractivity contribution < 1.29 is 4.84 Å². The molecular formula is C11H11ClNO. The lowest BCUT2D eigenvalue weighted by Gasteiger charge is -2.01. The van der Waals surface area contributed by atoms with E-state index in [9.17, 15) is 0 Å². The first-order chi connectivity index (χ1) is 6.86. The van der Waals surface area contributed by atoms with Crippen molar-refractivity contribution in [3.8, 4) is 0 Å². The van der Waals surface area contributed by atoms with Gasteiger partial charge in [-0.2, -0.15) is 0 Å². The molecule has 0 spiro atoms. The van der Waals surface area contributed by atoms with E-state index in [0.717, 1.165) is 5.56 Å². The highest BCUT2D eigenvalue weighted by molar-refractivity contribution is 6.31. The van der Waals surface area contributed by atoms with Gasteiger partial charge in [-0.15, -0.1) is 0 Å². The van der Waals surface area contributed by atoms with Gasteiger partial charge in [0.25, 0.3) is 0 Å². The molecule has 0 saturated heterocycles. The van der Waals surface area contributed by atoms with E-state index in [1.807, 2.05) is 24.3 Å². The first kappa shape index (κ1) is 9.53. The van der Waals surface area contributed by atoms with Gasteiger partial charge in [0.2, 0.25) is 0 Å². The third kappa shape index (κ3) is 2.74. The fraction of sp³-hybridized carbons (Fsp3) is 0.364. The van der Waals surface area contributed by atoms with Gasteiger partial charge in [0, 0.05) is 16.5 Å². The van der Waals surface area contributed by atoms with Gasteiger partial charge in [0.1, 0.15) is 12.8 Å². The number of hydrogen-bond acceptors (Lipinski definition) is 2. The molecule has 1 saturated carbocycles. The molecule has 0 aliphatic heterocycles. The van der Waals surface area contributed by atoms with Gasteiger partial charge in [-0.05, 0) is 18.9 Å². The van der Waals surface area contributed by atoms with Crippen molar-refractivity contribution in [3.05, 3.63) is 34.9 Å². The van der Waals surface area contributed by atoms with Gasteiger partial charge < -0.3 is 4.84 Å². The van der Waals surface area contributed by atoms with E-state index in [1.54, 1.807) is 0 Å². The summed E-state index contributed by atoms with van der Waals surface area (Å²) in [4.78, 5) is 5.08. The van der Waals surface area contributed by atoms with Gasteiger partial charge in [0.15, 0.2) is 0 Å². The summed E-state index contributed by atoms with van der Waals surface area (Å²) in [5.74, 6) is 0.529. The van der Waals surface area contributed by atoms with Crippen LogP contribution in [0.25, 0.3) is 0 Å². The maximum absolute atomic E-state index is 5.94. The van der Waals surface area contributed by atoms with E-state index < -0.39 is 0 Å². The zero-order valence-electron chi connectivity index (χ0n) is 7.74. The monoisotopic (exact) mass is 208 g/mol. The Balaban J connectivity index is 1.82. The van der Waals surface area contributed by atoms with Crippen LogP contribution in [0, 0.1) is 5.92 Å². The fourth-order valence-corrected chi connectivity index (χ4v) is 1.23. The van der Waals surface area contributed by atoms with E-state index in [1.165, 1.54) is 12.8 Å². The molecule has 1 aromatic rings. The summed E-state index contributed by atoms with van der Waals surface area (Å²) in [5.41, 5.74) is 0.954. The second-order valence-corrected chi connectivity index (χ2v) is 3.77. The Labute approximate surface area is 88.5 Å². The van der Waals surface area contributed by atoms with Crippen molar-refractivity contribution in [2.24, 2.45) is 11.1 Å². The molecule has 0 atom stereocenters. The predicted molar refractivity (Wildman–Crippen MR) is 56.4 cm³/mol. The maximum Gasteiger partial charge on any atom is 0.143 e. The molecule has 0 N–H and O–H groups in total. The molecule has 0 amide bonds. The van der Waals surface area contributed by atoms with Crippen LogP contribution in [-0.2, 0) is 11.4 Å². The molecule has 73 valence electrons. The lowest BCUT2D eigenvalue weighted by molar-refractivity contribution is 0.131. The third-order valence-electron chi connectivity index (χ3n) is 2.06. The normalized spacial score (nSPS) is 16.1. The smallest absolute Gasteiger partial charge is 0.143 e. The Bertz CT molecular complexity index is 334. The largest absolute Gasteiger partial charge is 0.391 e. The van der Waals surface area contributed by atoms with Crippen LogP contribution in [0.15, 0.2) is 29.4 Å². The molecule has 1 aliphatic rings. The molecule has 1 aliphatic carbocycles. The standard InChI is InChI=1S/C11H11ClNO/c12-11-4-2-1-3-10(11)8-14-13-7-9-5-6-9/h1-4,9H,5-6,8H2. The Morgan fingerprint density at radius 1 is 1.43 bits per heavy atom. The number of hydrogen-bond donors (Lipinski definition) is 0. The Hall–Kier alpha value is -1.02. The van der Waals surface area contributed by atoms with E-state index in [-0.39, 0.29) is 0 Å². The summed E-state index contributed by atoms with van der Waals surface area (Å²) in [7, 11) is 0. The van der Waals surface area contributed by atoms with E-state index in [2.05, 4.69) is 11.4 Å². The summed E-state index contributed by atoms with van der Waals surface area (Å²) in [6.45, 7) is 0.416. The predicted octanol–water partition coefficient (Wildman–Crippen LogP) is 3.13. The Kier molecular flexibility index (Phi) is 3.04. The first-order valence-corrected chi connectivity index (χ1v) is 5.05. The summed E-state index contributed by atoms with van der Waals surface area (Å²) in [6, 6.07) is 7.59. The van der Waals surface area contributed by atoms with Crippen molar-refractivity contribution in [1.29, 1.82) is 0 Å². The van der Waals surface area contributed by atoms with E-state index >= 15 is 0 Å². The summed E-state index contributed by atoms with van der Waals surface area (Å²) in [6.07, 6.45) is 5.29. The van der Waals surface area contributed by atoms with Crippen molar-refractivity contribution >= 4 is 17.8 Å². The van der Waals surface area contributed by atoms with Crippen molar-refractivity contribution in [2.45, 2.75) is 19.4 Å². The van der Waals surface area contributed by atoms with Gasteiger partial charge >= 0.3 is 0 Å². The van der Waals surface area contributed by atoms with Crippen LogP contribution >= 0.6 is 11.6 Å². The fourth-order valence-electron chi connectivity index (χ4n) is 1.04. The number of nitrogens with zero attached hydrogens (tertiary/aromatic N) is 1. The van der Waals surface area contributed by atoms with Gasteiger partial charge in [-0.1, -0.05) is 35.0 Å². The van der Waals surface area contributed by atoms with Gasteiger partial charge in [-0.25, -0.2) is 0 Å². The van der Waals surface area contributed by atoms with Crippen LogP contribution in [0.2, 0.25) is 5.02 Å². The molecule has 2 rings (SSSR count). The minimum Gasteiger partial charge on any atom is -0.391 e. The zero-order valence-corrected chi connectivity index (χ0v) is 8.50. The Morgan fingerprint density at radius 2 is 2.21 bits per heavy atom. The minimum atomic E-state index is 0.416. The summed E-state index contributed by atoms with van der Waals surface area (Å²) >= 11 is 5.94. The summed E-state index contributed by atoms with van der Waals surface area (Å²) < 4.78 is 0. The average molecular weight is 209 g/mol. The molecule has 3 heteroatoms. The second-order valence-electron chi connectivity index (χ2n) is 3.36. The van der Waals surface area contributed by atoms with Crippen molar-refractivity contribution in [1.82, 2.24) is 0 Å². The zero-order chi connectivity index (χ0) is 9.80. The molecule has 0 unspecified atom stereocenters. The van der Waals surface area contributed by atoms with Crippen LogP contribution in [0.1, 0.15) is 18.4 Å². The lowest BCUT2D eigenvalue weighted by Crippen LogP contribution is -1.88. The quantitative estimate of drug-likeness (QED) is 0.550. The summed E-state index contributed by atoms with van der Waals surface area (Å²) in [5, 5.41) is 4.48. The molecule has 1 aromatic carbocycles. The topological polar surface area (TPSA) is 21.6 Å². The molecule has 1 fully saturated rings. The lowest BCUT2D eigenvalue weighted by atomic mass is 10.2. The highest BCUT2D eigenvalue weighted by atomic mass is 35.5. The highest BCUT2D eigenvalue weighted by Gasteiger charge is 2.19. The molecule has 2 nitrogen and oxygen atoms in total. The van der Waals surface area contributed by atoms with E-state index in [4.69, 9.17) is 16.4 Å². The second kappa shape index (κ2) is 4.47. The molecular weight excluding hydrogens is 198 g/mol.